The summed E-state index contributed by atoms with van der Waals surface area (Å²) in [5.41, 5.74) is 10.1. The summed E-state index contributed by atoms with van der Waals surface area (Å²) in [5.74, 6) is -0.672. The van der Waals surface area contributed by atoms with Crippen molar-refractivity contribution in [3.63, 3.8) is 0 Å². The highest BCUT2D eigenvalue weighted by Crippen LogP contribution is 1.83. The van der Waals surface area contributed by atoms with Crippen LogP contribution in [0.3, 0.4) is 0 Å². The average molecular weight is 156 g/mol. The van der Waals surface area contributed by atoms with Crippen LogP contribution >= 0.6 is 0 Å². The Kier molecular flexibility index (Phi) is 2.02. The van der Waals surface area contributed by atoms with Crippen molar-refractivity contribution in [2.45, 2.75) is 0 Å². The molecule has 0 aliphatic carbocycles. The van der Waals surface area contributed by atoms with Crippen LogP contribution in [0.1, 0.15) is 10.6 Å². The molecule has 0 aliphatic heterocycles. The second-order valence-electron chi connectivity index (χ2n) is 1.74. The molecule has 11 heavy (non-hydrogen) atoms. The highest BCUT2D eigenvalue weighted by atomic mass is 16.1. The van der Waals surface area contributed by atoms with Crippen molar-refractivity contribution in [3.05, 3.63) is 12.2 Å². The van der Waals surface area contributed by atoms with Crippen LogP contribution in [0.2, 0.25) is 0 Å². The van der Waals surface area contributed by atoms with Gasteiger partial charge in [-0.15, -0.1) is 5.10 Å². The predicted molar refractivity (Wildman–Crippen MR) is 37.0 cm³/mol. The smallest absolute Gasteiger partial charge is 0.288 e. The molecular weight excluding hydrogens is 148 g/mol. The van der Waals surface area contributed by atoms with Gasteiger partial charge < -0.3 is 5.73 Å². The lowest BCUT2D eigenvalue weighted by Crippen LogP contribution is -2.27. The van der Waals surface area contributed by atoms with Crippen molar-refractivity contribution < 1.29 is 4.79 Å². The number of carbonyl (C=O) groups is 1. The van der Waals surface area contributed by atoms with Gasteiger partial charge in [0, 0.05) is 7.05 Å². The number of primary amides is 1. The van der Waals surface area contributed by atoms with Crippen LogP contribution in [0.15, 0.2) is 6.33 Å². The molecule has 1 amide bonds. The Morgan fingerprint density at radius 2 is 2.55 bits per heavy atom. The zero-order chi connectivity index (χ0) is 8.27. The zero-order valence-electron chi connectivity index (χ0n) is 5.90. The maximum Gasteiger partial charge on any atom is 0.288 e. The molecule has 60 valence electrons. The van der Waals surface area contributed by atoms with E-state index in [1.807, 2.05) is 0 Å². The van der Waals surface area contributed by atoms with E-state index in [1.165, 1.54) is 11.1 Å². The van der Waals surface area contributed by atoms with Crippen LogP contribution in [0, 0.1) is 0 Å². The van der Waals surface area contributed by atoms with Gasteiger partial charge in [0.15, 0.2) is 0 Å². The van der Waals surface area contributed by atoms with E-state index in [1.54, 1.807) is 7.05 Å². The standard InChI is InChI=1S/C4H8N6O/c1-6-9-10-2-7-4(8-10)3(5)11/h2,6,9H,1H3,(H2,5,11). The number of aromatic nitrogens is 3. The number of hydrogen-bond acceptors (Lipinski definition) is 5. The molecule has 1 rings (SSSR count). The van der Waals surface area contributed by atoms with E-state index in [4.69, 9.17) is 5.73 Å². The minimum absolute atomic E-state index is 0.0206. The van der Waals surface area contributed by atoms with Gasteiger partial charge in [-0.05, 0) is 0 Å². The van der Waals surface area contributed by atoms with Crippen LogP contribution in [0.25, 0.3) is 0 Å². The van der Waals surface area contributed by atoms with Crippen molar-refractivity contribution in [1.29, 1.82) is 0 Å². The number of hydrazine groups is 1. The molecule has 0 saturated carbocycles. The molecule has 0 aromatic carbocycles. The Hall–Kier alpha value is -1.63. The molecule has 0 fully saturated rings. The van der Waals surface area contributed by atoms with Gasteiger partial charge in [-0.25, -0.2) is 15.9 Å². The third kappa shape index (κ3) is 1.64. The van der Waals surface area contributed by atoms with Crippen LogP contribution in [-0.2, 0) is 0 Å². The van der Waals surface area contributed by atoms with E-state index in [-0.39, 0.29) is 5.82 Å². The fraction of sp³-hybridized carbons (Fsp3) is 0.250. The molecule has 7 nitrogen and oxygen atoms in total. The molecule has 1 aromatic rings. The first kappa shape index (κ1) is 7.48. The molecule has 0 atom stereocenters. The minimum atomic E-state index is -0.651. The molecular formula is C4H8N6O. The minimum Gasteiger partial charge on any atom is -0.363 e. The summed E-state index contributed by atoms with van der Waals surface area (Å²) >= 11 is 0. The summed E-state index contributed by atoms with van der Waals surface area (Å²) in [5, 5.41) is 3.66. The molecule has 0 aliphatic rings. The Morgan fingerprint density at radius 1 is 1.82 bits per heavy atom. The first-order valence-corrected chi connectivity index (χ1v) is 2.88. The Bertz CT molecular complexity index is 255. The number of rotatable bonds is 3. The largest absolute Gasteiger partial charge is 0.363 e. The van der Waals surface area contributed by atoms with Gasteiger partial charge in [0.25, 0.3) is 5.91 Å². The molecule has 1 aromatic heterocycles. The molecule has 0 radical (unpaired) electrons. The van der Waals surface area contributed by atoms with Crippen molar-refractivity contribution in [2.24, 2.45) is 5.73 Å². The maximum absolute atomic E-state index is 10.5. The molecule has 0 saturated heterocycles. The van der Waals surface area contributed by atoms with Crippen molar-refractivity contribution in [3.8, 4) is 0 Å². The lowest BCUT2D eigenvalue weighted by molar-refractivity contribution is 0.0990. The van der Waals surface area contributed by atoms with Crippen LogP contribution in [-0.4, -0.2) is 27.8 Å². The molecule has 4 N–H and O–H groups in total. The van der Waals surface area contributed by atoms with Gasteiger partial charge in [0.05, 0.1) is 0 Å². The highest BCUT2D eigenvalue weighted by molar-refractivity contribution is 5.88. The number of nitrogens with zero attached hydrogens (tertiary/aromatic N) is 3. The van der Waals surface area contributed by atoms with Crippen LogP contribution < -0.4 is 16.7 Å². The number of hydrogen-bond donors (Lipinski definition) is 3. The topological polar surface area (TPSA) is 97.9 Å². The van der Waals surface area contributed by atoms with Crippen molar-refractivity contribution >= 4 is 5.91 Å². The quantitative estimate of drug-likeness (QED) is 0.442. The summed E-state index contributed by atoms with van der Waals surface area (Å²) < 4.78 is 0. The normalized spacial score (nSPS) is 9.55. The van der Waals surface area contributed by atoms with Gasteiger partial charge in [0.1, 0.15) is 6.33 Å². The predicted octanol–water partition coefficient (Wildman–Crippen LogP) is -1.95. The highest BCUT2D eigenvalue weighted by Gasteiger charge is 2.04. The van der Waals surface area contributed by atoms with Gasteiger partial charge in [-0.2, -0.15) is 4.79 Å². The summed E-state index contributed by atoms with van der Waals surface area (Å²) in [6, 6.07) is 0. The van der Waals surface area contributed by atoms with E-state index >= 15 is 0 Å². The van der Waals surface area contributed by atoms with Crippen LogP contribution in [0.5, 0.6) is 0 Å². The molecule has 0 spiro atoms. The Morgan fingerprint density at radius 3 is 3.00 bits per heavy atom. The fourth-order valence-electron chi connectivity index (χ4n) is 0.544. The van der Waals surface area contributed by atoms with E-state index in [0.717, 1.165) is 0 Å². The lowest BCUT2D eigenvalue weighted by atomic mass is 10.6. The summed E-state index contributed by atoms with van der Waals surface area (Å²) in [6.45, 7) is 0. The maximum atomic E-state index is 10.5. The molecule has 7 heteroatoms. The SMILES string of the molecule is CNNn1cnc(C(N)=O)n1. The molecule has 1 heterocycles. The Balaban J connectivity index is 2.73. The number of nitrogens with two attached hydrogens (primary N) is 1. The first-order valence-electron chi connectivity index (χ1n) is 2.88. The van der Waals surface area contributed by atoms with Gasteiger partial charge >= 0.3 is 0 Å². The number of carbonyl (C=O) groups excluding carboxylic acids is 1. The summed E-state index contributed by atoms with van der Waals surface area (Å²) in [4.78, 5) is 15.3. The third-order valence-electron chi connectivity index (χ3n) is 0.939. The fourth-order valence-corrected chi connectivity index (χ4v) is 0.544. The van der Waals surface area contributed by atoms with Crippen molar-refractivity contribution in [1.82, 2.24) is 20.3 Å². The van der Waals surface area contributed by atoms with E-state index < -0.39 is 5.91 Å². The zero-order valence-corrected chi connectivity index (χ0v) is 5.90. The van der Waals surface area contributed by atoms with Crippen LogP contribution in [0.4, 0.5) is 0 Å². The number of nitrogens with one attached hydrogen (secondary N) is 2. The van der Waals surface area contributed by atoms with Gasteiger partial charge in [-0.3, -0.25) is 4.79 Å². The second kappa shape index (κ2) is 2.97. The molecule has 0 bridgehead atoms. The lowest BCUT2D eigenvalue weighted by Gasteiger charge is -1.99. The van der Waals surface area contributed by atoms with E-state index in [2.05, 4.69) is 21.0 Å². The second-order valence-corrected chi connectivity index (χ2v) is 1.74. The Labute approximate surface area is 62.5 Å². The first-order chi connectivity index (χ1) is 5.24. The van der Waals surface area contributed by atoms with E-state index in [0.29, 0.717) is 0 Å². The monoisotopic (exact) mass is 156 g/mol. The van der Waals surface area contributed by atoms with Gasteiger partial charge in [0.2, 0.25) is 5.82 Å². The van der Waals surface area contributed by atoms with Crippen molar-refractivity contribution in [2.75, 3.05) is 12.6 Å². The summed E-state index contributed by atoms with van der Waals surface area (Å²) in [6.07, 6.45) is 1.33. The third-order valence-corrected chi connectivity index (χ3v) is 0.939. The van der Waals surface area contributed by atoms with Gasteiger partial charge in [-0.1, -0.05) is 0 Å². The van der Waals surface area contributed by atoms with E-state index in [9.17, 15) is 4.79 Å². The number of amides is 1. The molecule has 0 unspecified atom stereocenters. The summed E-state index contributed by atoms with van der Waals surface area (Å²) in [7, 11) is 1.66. The average Bonchev–Trinajstić information content (AvgIpc) is 2.37.